The Kier molecular flexibility index (Phi) is 7.81. The molecule has 2 atom stereocenters. The molecule has 0 saturated heterocycles. The molecule has 0 rings (SSSR count). The molecule has 2 unspecified atom stereocenters. The average Bonchev–Trinajstić information content (AvgIpc) is 2.16. The van der Waals surface area contributed by atoms with Crippen molar-refractivity contribution in [2.45, 2.75) is 39.2 Å². The van der Waals surface area contributed by atoms with Gasteiger partial charge in [0.05, 0.1) is 0 Å². The van der Waals surface area contributed by atoms with Gasteiger partial charge in [-0.2, -0.15) is 0 Å². The molecule has 0 saturated carbocycles. The molecule has 0 aliphatic heterocycles. The third-order valence-electron chi connectivity index (χ3n) is 2.85. The van der Waals surface area contributed by atoms with Gasteiger partial charge in [0.2, 0.25) is 0 Å². The Balaban J connectivity index is 3.59. The number of hydrogen-bond donors (Lipinski definition) is 1. The first-order chi connectivity index (χ1) is 6.61. The molecule has 0 aromatic carbocycles. The van der Waals surface area contributed by atoms with Crippen LogP contribution in [-0.4, -0.2) is 31.1 Å². The molecule has 2 heteroatoms. The molecule has 2 nitrogen and oxygen atoms in total. The normalized spacial score (nSPS) is 15.5. The molecule has 14 heavy (non-hydrogen) atoms. The minimum atomic E-state index is 0.314. The number of allylic oxidation sites excluding steroid dienone is 1. The second-order valence-corrected chi connectivity index (χ2v) is 4.24. The molecule has 84 valence electrons. The van der Waals surface area contributed by atoms with Gasteiger partial charge in [-0.3, -0.25) is 0 Å². The van der Waals surface area contributed by atoms with Crippen LogP contribution in [-0.2, 0) is 0 Å². The Hall–Kier alpha value is -0.340. The zero-order valence-corrected chi connectivity index (χ0v) is 10.00. The van der Waals surface area contributed by atoms with E-state index in [9.17, 15) is 0 Å². The summed E-state index contributed by atoms with van der Waals surface area (Å²) in [6.45, 7) is 10.3. The van der Waals surface area contributed by atoms with Gasteiger partial charge in [0, 0.05) is 12.6 Å². The summed E-state index contributed by atoms with van der Waals surface area (Å²) in [5.74, 6) is 0.622. The molecule has 0 fully saturated rings. The third kappa shape index (κ3) is 6.17. The van der Waals surface area contributed by atoms with Crippen molar-refractivity contribution in [2.75, 3.05) is 20.1 Å². The van der Waals surface area contributed by atoms with Gasteiger partial charge in [0.1, 0.15) is 0 Å². The van der Waals surface area contributed by atoms with E-state index in [0.717, 1.165) is 19.5 Å². The van der Waals surface area contributed by atoms with Crippen LogP contribution in [0.4, 0.5) is 0 Å². The number of nitrogens with two attached hydrogens (primary N) is 1. The highest BCUT2D eigenvalue weighted by Gasteiger charge is 2.12. The molecular formula is C12H26N2. The fourth-order valence-corrected chi connectivity index (χ4v) is 1.44. The molecule has 0 aliphatic carbocycles. The van der Waals surface area contributed by atoms with Crippen molar-refractivity contribution in [2.24, 2.45) is 11.7 Å². The van der Waals surface area contributed by atoms with Crippen molar-refractivity contribution in [1.82, 2.24) is 4.90 Å². The second-order valence-electron chi connectivity index (χ2n) is 4.24. The van der Waals surface area contributed by atoms with Gasteiger partial charge < -0.3 is 10.6 Å². The van der Waals surface area contributed by atoms with Crippen LogP contribution < -0.4 is 5.73 Å². The average molecular weight is 198 g/mol. The van der Waals surface area contributed by atoms with Crippen LogP contribution in [0.15, 0.2) is 12.7 Å². The highest BCUT2D eigenvalue weighted by atomic mass is 15.1. The first-order valence-corrected chi connectivity index (χ1v) is 5.66. The minimum Gasteiger partial charge on any atom is -0.326 e. The van der Waals surface area contributed by atoms with Crippen LogP contribution >= 0.6 is 0 Å². The number of nitrogens with zero attached hydrogens (tertiary/aromatic N) is 1. The van der Waals surface area contributed by atoms with E-state index >= 15 is 0 Å². The van der Waals surface area contributed by atoms with Crippen LogP contribution in [0.1, 0.15) is 33.1 Å². The van der Waals surface area contributed by atoms with E-state index < -0.39 is 0 Å². The molecule has 0 spiro atoms. The smallest absolute Gasteiger partial charge is 0.0193 e. The fraction of sp³-hybridized carbons (Fsp3) is 0.833. The van der Waals surface area contributed by atoms with Crippen molar-refractivity contribution >= 4 is 0 Å². The first-order valence-electron chi connectivity index (χ1n) is 5.66. The van der Waals surface area contributed by atoms with Crippen molar-refractivity contribution in [3.05, 3.63) is 12.7 Å². The number of unbranched alkanes of at least 4 members (excludes halogenated alkanes) is 1. The minimum absolute atomic E-state index is 0.314. The summed E-state index contributed by atoms with van der Waals surface area (Å²) < 4.78 is 0. The number of rotatable bonds is 8. The van der Waals surface area contributed by atoms with E-state index in [4.69, 9.17) is 5.73 Å². The summed E-state index contributed by atoms with van der Waals surface area (Å²) in [6.07, 6.45) is 5.43. The molecule has 0 bridgehead atoms. The van der Waals surface area contributed by atoms with E-state index in [1.807, 2.05) is 6.08 Å². The van der Waals surface area contributed by atoms with Crippen LogP contribution in [0.5, 0.6) is 0 Å². The highest BCUT2D eigenvalue weighted by Crippen LogP contribution is 2.06. The maximum atomic E-state index is 6.07. The fourth-order valence-electron chi connectivity index (χ4n) is 1.44. The Morgan fingerprint density at radius 2 is 2.14 bits per heavy atom. The van der Waals surface area contributed by atoms with E-state index in [1.165, 1.54) is 12.8 Å². The molecule has 2 N–H and O–H groups in total. The van der Waals surface area contributed by atoms with Gasteiger partial charge in [-0.25, -0.2) is 0 Å². The lowest BCUT2D eigenvalue weighted by Crippen LogP contribution is -2.40. The van der Waals surface area contributed by atoms with Gasteiger partial charge in [-0.1, -0.05) is 26.3 Å². The van der Waals surface area contributed by atoms with Gasteiger partial charge in [0.15, 0.2) is 0 Å². The topological polar surface area (TPSA) is 29.3 Å². The van der Waals surface area contributed by atoms with Gasteiger partial charge in [0.25, 0.3) is 0 Å². The van der Waals surface area contributed by atoms with Crippen LogP contribution in [0.25, 0.3) is 0 Å². The maximum absolute atomic E-state index is 6.07. The second kappa shape index (κ2) is 8.01. The van der Waals surface area contributed by atoms with E-state index in [0.29, 0.717) is 12.0 Å². The third-order valence-corrected chi connectivity index (χ3v) is 2.85. The highest BCUT2D eigenvalue weighted by molar-refractivity contribution is 4.72. The lowest BCUT2D eigenvalue weighted by Gasteiger charge is -2.24. The van der Waals surface area contributed by atoms with Crippen molar-refractivity contribution < 1.29 is 0 Å². The van der Waals surface area contributed by atoms with Crippen molar-refractivity contribution in [3.63, 3.8) is 0 Å². The molecule has 0 aromatic heterocycles. The zero-order chi connectivity index (χ0) is 11.0. The van der Waals surface area contributed by atoms with Crippen LogP contribution in [0.3, 0.4) is 0 Å². The van der Waals surface area contributed by atoms with Gasteiger partial charge >= 0.3 is 0 Å². The first kappa shape index (κ1) is 13.7. The summed E-state index contributed by atoms with van der Waals surface area (Å²) >= 11 is 0. The van der Waals surface area contributed by atoms with Crippen LogP contribution in [0, 0.1) is 5.92 Å². The van der Waals surface area contributed by atoms with Crippen LogP contribution in [0.2, 0.25) is 0 Å². The summed E-state index contributed by atoms with van der Waals surface area (Å²) in [5, 5.41) is 0. The monoisotopic (exact) mass is 198 g/mol. The molecule has 0 heterocycles. The molecular weight excluding hydrogens is 172 g/mol. The Morgan fingerprint density at radius 1 is 1.50 bits per heavy atom. The SMILES string of the molecule is C=CCCCN(C)CC(N)C(C)CC. The standard InChI is InChI=1S/C12H26N2/c1-5-7-8-9-14(4)10-12(13)11(3)6-2/h5,11-12H,1,6-10,13H2,2-4H3. The molecule has 0 amide bonds. The van der Waals surface area contributed by atoms with E-state index in [2.05, 4.69) is 32.4 Å². The lowest BCUT2D eigenvalue weighted by molar-refractivity contribution is 0.272. The Labute approximate surface area is 89.2 Å². The Bertz CT molecular complexity index is 145. The number of likely N-dealkylation sites (N-methyl/N-ethyl adjacent to an activating group) is 1. The van der Waals surface area contributed by atoms with Gasteiger partial charge in [-0.15, -0.1) is 6.58 Å². The quantitative estimate of drug-likeness (QED) is 0.479. The van der Waals surface area contributed by atoms with Gasteiger partial charge in [-0.05, 0) is 32.4 Å². The summed E-state index contributed by atoms with van der Waals surface area (Å²) in [4.78, 5) is 2.32. The lowest BCUT2D eigenvalue weighted by atomic mass is 10.00. The predicted octanol–water partition coefficient (Wildman–Crippen LogP) is 2.26. The predicted molar refractivity (Wildman–Crippen MR) is 64.4 cm³/mol. The van der Waals surface area contributed by atoms with Crippen molar-refractivity contribution in [1.29, 1.82) is 0 Å². The summed E-state index contributed by atoms with van der Waals surface area (Å²) in [7, 11) is 2.14. The number of hydrogen-bond acceptors (Lipinski definition) is 2. The summed E-state index contributed by atoms with van der Waals surface area (Å²) in [6, 6.07) is 0.314. The van der Waals surface area contributed by atoms with E-state index in [1.54, 1.807) is 0 Å². The van der Waals surface area contributed by atoms with Crippen molar-refractivity contribution in [3.8, 4) is 0 Å². The Morgan fingerprint density at radius 3 is 2.64 bits per heavy atom. The maximum Gasteiger partial charge on any atom is 0.0193 e. The van der Waals surface area contributed by atoms with E-state index in [-0.39, 0.29) is 0 Å². The molecule has 0 radical (unpaired) electrons. The molecule has 0 aromatic rings. The largest absolute Gasteiger partial charge is 0.326 e. The molecule has 0 aliphatic rings. The zero-order valence-electron chi connectivity index (χ0n) is 10.00. The summed E-state index contributed by atoms with van der Waals surface area (Å²) in [5.41, 5.74) is 6.07.